The van der Waals surface area contributed by atoms with Crippen LogP contribution in [-0.4, -0.2) is 18.5 Å². The SMILES string of the molecule is CCNC1CCC(C(N)=O)C1. The Balaban J connectivity index is 2.29. The van der Waals surface area contributed by atoms with Crippen LogP contribution in [0.5, 0.6) is 0 Å². The zero-order chi connectivity index (χ0) is 8.27. The van der Waals surface area contributed by atoms with Gasteiger partial charge in [-0.05, 0) is 25.8 Å². The van der Waals surface area contributed by atoms with Gasteiger partial charge in [-0.15, -0.1) is 0 Å². The average molecular weight is 156 g/mol. The Kier molecular flexibility index (Phi) is 2.88. The van der Waals surface area contributed by atoms with E-state index in [2.05, 4.69) is 12.2 Å². The van der Waals surface area contributed by atoms with Crippen molar-refractivity contribution in [3.63, 3.8) is 0 Å². The lowest BCUT2D eigenvalue weighted by molar-refractivity contribution is -0.121. The van der Waals surface area contributed by atoms with Gasteiger partial charge < -0.3 is 11.1 Å². The molecular weight excluding hydrogens is 140 g/mol. The first-order valence-electron chi connectivity index (χ1n) is 4.26. The Hall–Kier alpha value is -0.570. The van der Waals surface area contributed by atoms with Crippen molar-refractivity contribution in [2.75, 3.05) is 6.54 Å². The lowest BCUT2D eigenvalue weighted by atomic mass is 10.1. The van der Waals surface area contributed by atoms with E-state index in [1.165, 1.54) is 0 Å². The number of hydrogen-bond donors (Lipinski definition) is 2. The number of carbonyl (C=O) groups excluding carboxylic acids is 1. The molecule has 0 heterocycles. The number of nitrogens with one attached hydrogen (secondary N) is 1. The minimum absolute atomic E-state index is 0.124. The van der Waals surface area contributed by atoms with Gasteiger partial charge in [0.2, 0.25) is 5.91 Å². The average Bonchev–Trinajstić information content (AvgIpc) is 2.37. The molecule has 1 rings (SSSR count). The number of rotatable bonds is 3. The number of primary amides is 1. The van der Waals surface area contributed by atoms with E-state index < -0.39 is 0 Å². The smallest absolute Gasteiger partial charge is 0.220 e. The van der Waals surface area contributed by atoms with E-state index >= 15 is 0 Å². The van der Waals surface area contributed by atoms with Crippen molar-refractivity contribution in [2.24, 2.45) is 11.7 Å². The number of amides is 1. The lowest BCUT2D eigenvalue weighted by Crippen LogP contribution is -2.28. The molecule has 0 radical (unpaired) electrons. The van der Waals surface area contributed by atoms with Crippen LogP contribution in [0, 0.1) is 5.92 Å². The summed E-state index contributed by atoms with van der Waals surface area (Å²) in [5.74, 6) is -0.00977. The third-order valence-corrected chi connectivity index (χ3v) is 2.33. The second-order valence-corrected chi connectivity index (χ2v) is 3.17. The molecule has 3 N–H and O–H groups in total. The highest BCUT2D eigenvalue weighted by molar-refractivity contribution is 5.76. The number of carbonyl (C=O) groups is 1. The maximum Gasteiger partial charge on any atom is 0.220 e. The van der Waals surface area contributed by atoms with E-state index in [-0.39, 0.29) is 11.8 Å². The zero-order valence-electron chi connectivity index (χ0n) is 6.97. The first kappa shape index (κ1) is 8.53. The van der Waals surface area contributed by atoms with Crippen molar-refractivity contribution in [1.29, 1.82) is 0 Å². The van der Waals surface area contributed by atoms with Gasteiger partial charge in [0.05, 0.1) is 0 Å². The summed E-state index contributed by atoms with van der Waals surface area (Å²) < 4.78 is 0. The molecule has 3 heteroatoms. The molecule has 64 valence electrons. The van der Waals surface area contributed by atoms with Gasteiger partial charge in [0, 0.05) is 12.0 Å². The summed E-state index contributed by atoms with van der Waals surface area (Å²) >= 11 is 0. The largest absolute Gasteiger partial charge is 0.369 e. The van der Waals surface area contributed by atoms with Gasteiger partial charge in [-0.3, -0.25) is 4.79 Å². The van der Waals surface area contributed by atoms with E-state index in [1.807, 2.05) is 0 Å². The summed E-state index contributed by atoms with van der Waals surface area (Å²) in [4.78, 5) is 10.7. The highest BCUT2D eigenvalue weighted by atomic mass is 16.1. The molecule has 1 amide bonds. The molecule has 1 saturated carbocycles. The van der Waals surface area contributed by atoms with Gasteiger partial charge in [0.15, 0.2) is 0 Å². The summed E-state index contributed by atoms with van der Waals surface area (Å²) in [7, 11) is 0. The van der Waals surface area contributed by atoms with Crippen LogP contribution in [0.1, 0.15) is 26.2 Å². The molecule has 0 aliphatic heterocycles. The maximum absolute atomic E-state index is 10.7. The minimum atomic E-state index is -0.134. The second-order valence-electron chi connectivity index (χ2n) is 3.17. The molecule has 0 spiro atoms. The van der Waals surface area contributed by atoms with Gasteiger partial charge in [-0.1, -0.05) is 6.92 Å². The summed E-state index contributed by atoms with van der Waals surface area (Å²) in [5.41, 5.74) is 5.19. The highest BCUT2D eigenvalue weighted by Crippen LogP contribution is 2.24. The number of hydrogen-bond acceptors (Lipinski definition) is 2. The third-order valence-electron chi connectivity index (χ3n) is 2.33. The quantitative estimate of drug-likeness (QED) is 0.615. The van der Waals surface area contributed by atoms with Crippen molar-refractivity contribution < 1.29 is 4.79 Å². The highest BCUT2D eigenvalue weighted by Gasteiger charge is 2.27. The Morgan fingerprint density at radius 3 is 2.82 bits per heavy atom. The van der Waals surface area contributed by atoms with Crippen LogP contribution in [0.3, 0.4) is 0 Å². The summed E-state index contributed by atoms with van der Waals surface area (Å²) in [6, 6.07) is 0.525. The van der Waals surface area contributed by atoms with Crippen LogP contribution in [0.15, 0.2) is 0 Å². The van der Waals surface area contributed by atoms with E-state index in [9.17, 15) is 4.79 Å². The van der Waals surface area contributed by atoms with Crippen LogP contribution >= 0.6 is 0 Å². The van der Waals surface area contributed by atoms with E-state index in [4.69, 9.17) is 5.73 Å². The maximum atomic E-state index is 10.7. The van der Waals surface area contributed by atoms with Crippen LogP contribution in [0.2, 0.25) is 0 Å². The minimum Gasteiger partial charge on any atom is -0.369 e. The molecule has 0 aromatic carbocycles. The van der Waals surface area contributed by atoms with E-state index in [0.29, 0.717) is 6.04 Å². The second kappa shape index (κ2) is 3.72. The monoisotopic (exact) mass is 156 g/mol. The van der Waals surface area contributed by atoms with Crippen molar-refractivity contribution in [2.45, 2.75) is 32.2 Å². The Labute approximate surface area is 67.3 Å². The Bertz CT molecular complexity index is 147. The van der Waals surface area contributed by atoms with Crippen molar-refractivity contribution in [3.05, 3.63) is 0 Å². The van der Waals surface area contributed by atoms with Gasteiger partial charge in [-0.2, -0.15) is 0 Å². The molecule has 11 heavy (non-hydrogen) atoms. The normalized spacial score (nSPS) is 30.6. The molecule has 3 nitrogen and oxygen atoms in total. The van der Waals surface area contributed by atoms with Crippen LogP contribution in [0.25, 0.3) is 0 Å². The van der Waals surface area contributed by atoms with Gasteiger partial charge in [-0.25, -0.2) is 0 Å². The molecular formula is C8H16N2O. The van der Waals surface area contributed by atoms with Crippen molar-refractivity contribution >= 4 is 5.91 Å². The fourth-order valence-electron chi connectivity index (χ4n) is 1.71. The fraction of sp³-hybridized carbons (Fsp3) is 0.875. The van der Waals surface area contributed by atoms with Crippen LogP contribution < -0.4 is 11.1 Å². The Morgan fingerprint density at radius 2 is 2.36 bits per heavy atom. The summed E-state index contributed by atoms with van der Waals surface area (Å²) in [6.45, 7) is 3.06. The summed E-state index contributed by atoms with van der Waals surface area (Å²) in [5, 5.41) is 3.32. The van der Waals surface area contributed by atoms with Crippen LogP contribution in [0.4, 0.5) is 0 Å². The van der Waals surface area contributed by atoms with Crippen molar-refractivity contribution in [1.82, 2.24) is 5.32 Å². The number of nitrogens with two attached hydrogens (primary N) is 1. The fourth-order valence-corrected chi connectivity index (χ4v) is 1.71. The molecule has 2 atom stereocenters. The predicted octanol–water partition coefficient (Wildman–Crippen LogP) is 0.250. The first-order valence-corrected chi connectivity index (χ1v) is 4.26. The molecule has 1 fully saturated rings. The third kappa shape index (κ3) is 2.19. The molecule has 0 saturated heterocycles. The van der Waals surface area contributed by atoms with E-state index in [0.717, 1.165) is 25.8 Å². The molecule has 1 aliphatic carbocycles. The zero-order valence-corrected chi connectivity index (χ0v) is 6.97. The van der Waals surface area contributed by atoms with Gasteiger partial charge in [0.25, 0.3) is 0 Å². The van der Waals surface area contributed by atoms with Crippen molar-refractivity contribution in [3.8, 4) is 0 Å². The van der Waals surface area contributed by atoms with Crippen LogP contribution in [-0.2, 0) is 4.79 Å². The topological polar surface area (TPSA) is 55.1 Å². The van der Waals surface area contributed by atoms with E-state index in [1.54, 1.807) is 0 Å². The molecule has 0 aromatic heterocycles. The summed E-state index contributed by atoms with van der Waals surface area (Å²) in [6.07, 6.45) is 3.00. The first-order chi connectivity index (χ1) is 5.24. The Morgan fingerprint density at radius 1 is 1.64 bits per heavy atom. The molecule has 2 unspecified atom stereocenters. The lowest BCUT2D eigenvalue weighted by Gasteiger charge is -2.09. The molecule has 0 aromatic rings. The van der Waals surface area contributed by atoms with Gasteiger partial charge in [0.1, 0.15) is 0 Å². The standard InChI is InChI=1S/C8H16N2O/c1-2-10-7-4-3-6(5-7)8(9)11/h6-7,10H,2-5H2,1H3,(H2,9,11). The molecule has 1 aliphatic rings. The van der Waals surface area contributed by atoms with Gasteiger partial charge >= 0.3 is 0 Å². The molecule has 0 bridgehead atoms. The predicted molar refractivity (Wildman–Crippen MR) is 44.0 cm³/mol.